The van der Waals surface area contributed by atoms with Crippen molar-refractivity contribution in [2.45, 2.75) is 38.3 Å². The van der Waals surface area contributed by atoms with Crippen molar-refractivity contribution in [3.63, 3.8) is 0 Å². The Morgan fingerprint density at radius 1 is 1.46 bits per heavy atom. The Morgan fingerprint density at radius 3 is 2.71 bits per heavy atom. The van der Waals surface area contributed by atoms with E-state index in [0.717, 1.165) is 0 Å². The summed E-state index contributed by atoms with van der Waals surface area (Å²) in [5.74, 6) is -0.174. The molecule has 0 aromatic carbocycles. The zero-order valence-electron chi connectivity index (χ0n) is 14.4. The van der Waals surface area contributed by atoms with Crippen molar-refractivity contribution < 1.29 is 18.5 Å². The third kappa shape index (κ3) is 4.67. The van der Waals surface area contributed by atoms with Gasteiger partial charge in [0.05, 0.1) is 24.3 Å². The minimum atomic E-state index is -0.571. The Balaban J connectivity index is 2.13. The molecule has 1 aromatic rings. The normalized spacial score (nSPS) is 16.6. The van der Waals surface area contributed by atoms with E-state index in [4.69, 9.17) is 8.92 Å². The SMILES string of the molecule is CN(C)C(=O)c1cc(CNC(=O)OC(C)(C)C)nn1C1C=COS1. The van der Waals surface area contributed by atoms with E-state index in [1.807, 2.05) is 0 Å². The predicted octanol–water partition coefficient (Wildman–Crippen LogP) is 2.30. The van der Waals surface area contributed by atoms with Crippen molar-refractivity contribution in [1.82, 2.24) is 20.0 Å². The van der Waals surface area contributed by atoms with Gasteiger partial charge in [0.1, 0.15) is 17.6 Å². The summed E-state index contributed by atoms with van der Waals surface area (Å²) in [5, 5.41) is 6.82. The molecule has 0 aliphatic carbocycles. The number of carbonyl (C=O) groups is 2. The molecular formula is C15H22N4O4S. The molecule has 0 bridgehead atoms. The number of alkyl carbamates (subject to hydrolysis) is 1. The van der Waals surface area contributed by atoms with Gasteiger partial charge in [-0.15, -0.1) is 0 Å². The van der Waals surface area contributed by atoms with Crippen molar-refractivity contribution in [2.75, 3.05) is 14.1 Å². The van der Waals surface area contributed by atoms with Gasteiger partial charge in [0.15, 0.2) is 5.37 Å². The zero-order chi connectivity index (χ0) is 17.9. The van der Waals surface area contributed by atoms with Crippen LogP contribution in [0.1, 0.15) is 42.3 Å². The number of amides is 2. The van der Waals surface area contributed by atoms with Gasteiger partial charge in [-0.25, -0.2) is 9.48 Å². The van der Waals surface area contributed by atoms with Crippen LogP contribution in [0.2, 0.25) is 0 Å². The molecule has 0 spiro atoms. The van der Waals surface area contributed by atoms with Crippen LogP contribution in [0.25, 0.3) is 0 Å². The van der Waals surface area contributed by atoms with E-state index in [1.165, 1.54) is 16.9 Å². The molecule has 24 heavy (non-hydrogen) atoms. The van der Waals surface area contributed by atoms with E-state index < -0.39 is 11.7 Å². The van der Waals surface area contributed by atoms with Gasteiger partial charge in [-0.05, 0) is 32.9 Å². The summed E-state index contributed by atoms with van der Waals surface area (Å²) >= 11 is 1.19. The predicted molar refractivity (Wildman–Crippen MR) is 90.2 cm³/mol. The average Bonchev–Trinajstić information content (AvgIpc) is 3.11. The number of rotatable bonds is 4. The van der Waals surface area contributed by atoms with Gasteiger partial charge in [-0.1, -0.05) is 0 Å². The van der Waals surface area contributed by atoms with Crippen LogP contribution in [0, 0.1) is 0 Å². The molecule has 2 heterocycles. The Labute approximate surface area is 145 Å². The lowest BCUT2D eigenvalue weighted by Crippen LogP contribution is -2.32. The van der Waals surface area contributed by atoms with Crippen LogP contribution in [0.4, 0.5) is 4.79 Å². The van der Waals surface area contributed by atoms with Crippen molar-refractivity contribution in [1.29, 1.82) is 0 Å². The number of ether oxygens (including phenoxy) is 1. The van der Waals surface area contributed by atoms with Crippen LogP contribution in [0.5, 0.6) is 0 Å². The number of hydrogen-bond donors (Lipinski definition) is 1. The second-order valence-electron chi connectivity index (χ2n) is 6.43. The molecule has 0 fully saturated rings. The highest BCUT2D eigenvalue weighted by atomic mass is 32.2. The summed E-state index contributed by atoms with van der Waals surface area (Å²) in [6.45, 7) is 5.54. The smallest absolute Gasteiger partial charge is 0.407 e. The summed E-state index contributed by atoms with van der Waals surface area (Å²) in [6, 6.07) is 1.66. The van der Waals surface area contributed by atoms with Gasteiger partial charge in [-0.2, -0.15) is 5.10 Å². The number of hydrogen-bond acceptors (Lipinski definition) is 6. The quantitative estimate of drug-likeness (QED) is 0.835. The first-order valence-corrected chi connectivity index (χ1v) is 8.23. The summed E-state index contributed by atoms with van der Waals surface area (Å²) in [5.41, 5.74) is 0.415. The van der Waals surface area contributed by atoms with Crippen molar-refractivity contribution in [3.05, 3.63) is 29.8 Å². The maximum Gasteiger partial charge on any atom is 0.407 e. The zero-order valence-corrected chi connectivity index (χ0v) is 15.2. The molecule has 1 N–H and O–H groups in total. The number of aromatic nitrogens is 2. The van der Waals surface area contributed by atoms with E-state index in [2.05, 4.69) is 10.4 Å². The molecule has 132 valence electrons. The van der Waals surface area contributed by atoms with Crippen LogP contribution < -0.4 is 5.32 Å². The Bertz CT molecular complexity index is 648. The molecule has 1 unspecified atom stereocenters. The molecule has 2 amide bonds. The van der Waals surface area contributed by atoms with Gasteiger partial charge >= 0.3 is 6.09 Å². The standard InChI is InChI=1S/C15H22N4O4S/c1-15(2,3)23-14(21)16-9-10-8-11(13(20)18(4)5)19(17-10)12-6-7-22-24-12/h6-8,12H,9H2,1-5H3,(H,16,21). The van der Waals surface area contributed by atoms with E-state index in [1.54, 1.807) is 58.0 Å². The maximum atomic E-state index is 12.3. The van der Waals surface area contributed by atoms with E-state index in [9.17, 15) is 9.59 Å². The molecule has 0 radical (unpaired) electrons. The monoisotopic (exact) mass is 354 g/mol. The Kier molecular flexibility index (Phi) is 5.43. The number of nitrogens with zero attached hydrogens (tertiary/aromatic N) is 3. The highest BCUT2D eigenvalue weighted by molar-refractivity contribution is 7.95. The summed E-state index contributed by atoms with van der Waals surface area (Å²) in [4.78, 5) is 25.6. The van der Waals surface area contributed by atoms with E-state index in [0.29, 0.717) is 11.4 Å². The molecule has 0 saturated heterocycles. The van der Waals surface area contributed by atoms with Crippen molar-refractivity contribution in [3.8, 4) is 0 Å². The van der Waals surface area contributed by atoms with Crippen LogP contribution in [-0.4, -0.2) is 46.4 Å². The molecule has 1 atom stereocenters. The van der Waals surface area contributed by atoms with Crippen molar-refractivity contribution in [2.24, 2.45) is 0 Å². The first kappa shape index (κ1) is 18.2. The minimum Gasteiger partial charge on any atom is -0.444 e. The molecule has 8 nitrogen and oxygen atoms in total. The van der Waals surface area contributed by atoms with Gasteiger partial charge < -0.3 is 19.1 Å². The second kappa shape index (κ2) is 7.16. The third-order valence-electron chi connectivity index (χ3n) is 2.92. The first-order chi connectivity index (χ1) is 11.2. The molecule has 9 heteroatoms. The molecular weight excluding hydrogens is 332 g/mol. The van der Waals surface area contributed by atoms with Crippen LogP contribution in [0.3, 0.4) is 0 Å². The Morgan fingerprint density at radius 2 is 2.17 bits per heavy atom. The van der Waals surface area contributed by atoms with Gasteiger partial charge in [0, 0.05) is 14.1 Å². The van der Waals surface area contributed by atoms with Gasteiger partial charge in [0.25, 0.3) is 5.91 Å². The molecule has 0 saturated carbocycles. The minimum absolute atomic E-state index is 0.164. The summed E-state index contributed by atoms with van der Waals surface area (Å²) in [7, 11) is 3.35. The van der Waals surface area contributed by atoms with Crippen molar-refractivity contribution >= 4 is 24.0 Å². The fourth-order valence-corrected chi connectivity index (χ4v) is 2.55. The first-order valence-electron chi connectivity index (χ1n) is 7.43. The van der Waals surface area contributed by atoms with E-state index >= 15 is 0 Å². The number of nitrogens with one attached hydrogen (secondary N) is 1. The van der Waals surface area contributed by atoms with Crippen LogP contribution >= 0.6 is 12.0 Å². The highest BCUT2D eigenvalue weighted by Gasteiger charge is 2.25. The average molecular weight is 354 g/mol. The summed E-state index contributed by atoms with van der Waals surface area (Å²) < 4.78 is 11.9. The molecule has 1 aliphatic rings. The molecule has 1 aromatic heterocycles. The summed E-state index contributed by atoms with van der Waals surface area (Å²) in [6.07, 6.45) is 2.82. The topological polar surface area (TPSA) is 85.7 Å². The lowest BCUT2D eigenvalue weighted by Gasteiger charge is -2.19. The molecule has 1 aliphatic heterocycles. The molecule has 2 rings (SSSR count). The van der Waals surface area contributed by atoms with Crippen LogP contribution in [-0.2, 0) is 15.5 Å². The second-order valence-corrected chi connectivity index (χ2v) is 7.30. The highest BCUT2D eigenvalue weighted by Crippen LogP contribution is 2.32. The van der Waals surface area contributed by atoms with Gasteiger partial charge in [-0.3, -0.25) is 4.79 Å². The van der Waals surface area contributed by atoms with E-state index in [-0.39, 0.29) is 17.8 Å². The number of carbonyl (C=O) groups excluding carboxylic acids is 2. The lowest BCUT2D eigenvalue weighted by molar-refractivity contribution is 0.0522. The maximum absolute atomic E-state index is 12.3. The largest absolute Gasteiger partial charge is 0.444 e. The third-order valence-corrected chi connectivity index (χ3v) is 3.69. The fraction of sp³-hybridized carbons (Fsp3) is 0.533. The fourth-order valence-electron chi connectivity index (χ4n) is 1.93. The van der Waals surface area contributed by atoms with Crippen LogP contribution in [0.15, 0.2) is 18.4 Å². The Hall–Kier alpha value is -2.16. The lowest BCUT2D eigenvalue weighted by atomic mass is 10.2. The van der Waals surface area contributed by atoms with Gasteiger partial charge in [0.2, 0.25) is 0 Å².